The molecule has 1 aromatic carbocycles. The van der Waals surface area contributed by atoms with Gasteiger partial charge in [0.2, 0.25) is 0 Å². The van der Waals surface area contributed by atoms with Crippen LogP contribution in [0.2, 0.25) is 0 Å². The zero-order valence-corrected chi connectivity index (χ0v) is 7.56. The number of rotatable bonds is 1. The summed E-state index contributed by atoms with van der Waals surface area (Å²) in [6, 6.07) is 7.64. The molecule has 1 aromatic heterocycles. The number of para-hydroxylation sites is 2. The second-order valence-electron chi connectivity index (χ2n) is 2.58. The van der Waals surface area contributed by atoms with Crippen molar-refractivity contribution in [1.82, 2.24) is 9.97 Å². The molecule has 0 saturated heterocycles. The summed E-state index contributed by atoms with van der Waals surface area (Å²) in [4.78, 5) is 7.24. The molecule has 2 rings (SSSR count). The van der Waals surface area contributed by atoms with Crippen molar-refractivity contribution in [3.63, 3.8) is 0 Å². The predicted octanol–water partition coefficient (Wildman–Crippen LogP) is 1.58. The van der Waals surface area contributed by atoms with E-state index < -0.39 is 0 Å². The minimum atomic E-state index is 0.494. The second-order valence-corrected chi connectivity index (χ2v) is 2.98. The molecule has 0 spiro atoms. The molecule has 0 saturated carbocycles. The maximum absolute atomic E-state index is 5.24. The number of anilines is 1. The lowest BCUT2D eigenvalue weighted by atomic mass is 10.3. The normalized spacial score (nSPS) is 10.2. The number of fused-ring (bicyclic) bond motifs is 1. The highest BCUT2D eigenvalue weighted by molar-refractivity contribution is 7.71. The molecular formula is C8H8N4S. The van der Waals surface area contributed by atoms with Crippen molar-refractivity contribution in [1.29, 1.82) is 0 Å². The third-order valence-corrected chi connectivity index (χ3v) is 2.03. The molecule has 5 heteroatoms. The Bertz CT molecular complexity index is 491. The van der Waals surface area contributed by atoms with Gasteiger partial charge in [-0.1, -0.05) is 24.4 Å². The molecule has 2 aromatic rings. The van der Waals surface area contributed by atoms with E-state index in [-0.39, 0.29) is 0 Å². The number of nitrogens with one attached hydrogen (secondary N) is 2. The first-order valence-electron chi connectivity index (χ1n) is 3.77. The first kappa shape index (κ1) is 8.15. The van der Waals surface area contributed by atoms with E-state index in [0.717, 1.165) is 11.0 Å². The van der Waals surface area contributed by atoms with Gasteiger partial charge in [-0.3, -0.25) is 0 Å². The standard InChI is InChI=1S/C8H8N4S/c9-12-7-8(13)11-6-4-2-1-3-5(6)10-7/h1-4H,9H2,(H,10,12)(H,11,13). The number of aromatic amines is 1. The molecule has 0 aliphatic heterocycles. The largest absolute Gasteiger partial charge is 0.342 e. The van der Waals surface area contributed by atoms with Crippen LogP contribution in [-0.2, 0) is 0 Å². The molecule has 0 aliphatic carbocycles. The van der Waals surface area contributed by atoms with Crippen LogP contribution in [0.15, 0.2) is 24.3 Å². The first-order chi connectivity index (χ1) is 6.31. The summed E-state index contributed by atoms with van der Waals surface area (Å²) in [5.74, 6) is 5.74. The van der Waals surface area contributed by atoms with Gasteiger partial charge in [-0.2, -0.15) is 0 Å². The fourth-order valence-electron chi connectivity index (χ4n) is 1.13. The van der Waals surface area contributed by atoms with Gasteiger partial charge in [0.1, 0.15) is 4.64 Å². The van der Waals surface area contributed by atoms with Gasteiger partial charge in [-0.25, -0.2) is 10.8 Å². The van der Waals surface area contributed by atoms with E-state index in [4.69, 9.17) is 18.1 Å². The van der Waals surface area contributed by atoms with Crippen molar-refractivity contribution in [3.05, 3.63) is 28.9 Å². The van der Waals surface area contributed by atoms with Gasteiger partial charge < -0.3 is 10.4 Å². The lowest BCUT2D eigenvalue weighted by molar-refractivity contribution is 1.20. The zero-order chi connectivity index (χ0) is 9.26. The summed E-state index contributed by atoms with van der Waals surface area (Å²) in [6.07, 6.45) is 0. The van der Waals surface area contributed by atoms with Crippen LogP contribution in [0, 0.1) is 4.64 Å². The van der Waals surface area contributed by atoms with Crippen LogP contribution in [0.25, 0.3) is 11.0 Å². The average Bonchev–Trinajstić information content (AvgIpc) is 2.17. The smallest absolute Gasteiger partial charge is 0.176 e. The van der Waals surface area contributed by atoms with Crippen molar-refractivity contribution in [2.75, 3.05) is 5.43 Å². The minimum absolute atomic E-state index is 0.494. The summed E-state index contributed by atoms with van der Waals surface area (Å²) in [7, 11) is 0. The summed E-state index contributed by atoms with van der Waals surface area (Å²) in [5, 5.41) is 0. The molecule has 0 bridgehead atoms. The summed E-state index contributed by atoms with van der Waals surface area (Å²) in [6.45, 7) is 0. The number of hydrazine groups is 1. The molecular weight excluding hydrogens is 184 g/mol. The second kappa shape index (κ2) is 3.12. The molecule has 66 valence electrons. The molecule has 4 nitrogen and oxygen atoms in total. The fourth-order valence-corrected chi connectivity index (χ4v) is 1.34. The number of H-pyrrole nitrogens is 1. The summed E-state index contributed by atoms with van der Waals surface area (Å²) >= 11 is 5.02. The Morgan fingerprint density at radius 3 is 2.92 bits per heavy atom. The number of hydrogen-bond acceptors (Lipinski definition) is 4. The Kier molecular flexibility index (Phi) is 1.96. The first-order valence-corrected chi connectivity index (χ1v) is 4.18. The summed E-state index contributed by atoms with van der Waals surface area (Å²) < 4.78 is 0.515. The molecule has 0 amide bonds. The quantitative estimate of drug-likeness (QED) is 0.364. The van der Waals surface area contributed by atoms with E-state index in [1.165, 1.54) is 0 Å². The molecule has 0 radical (unpaired) electrons. The van der Waals surface area contributed by atoms with E-state index in [1.54, 1.807) is 0 Å². The third-order valence-electron chi connectivity index (χ3n) is 1.74. The lowest BCUT2D eigenvalue weighted by Crippen LogP contribution is -2.09. The number of aromatic nitrogens is 2. The van der Waals surface area contributed by atoms with Gasteiger partial charge >= 0.3 is 0 Å². The predicted molar refractivity (Wildman–Crippen MR) is 54.7 cm³/mol. The van der Waals surface area contributed by atoms with E-state index in [0.29, 0.717) is 10.5 Å². The highest BCUT2D eigenvalue weighted by atomic mass is 32.1. The van der Waals surface area contributed by atoms with Crippen LogP contribution in [0.5, 0.6) is 0 Å². The van der Waals surface area contributed by atoms with Crippen LogP contribution in [0.3, 0.4) is 0 Å². The van der Waals surface area contributed by atoms with E-state index in [1.807, 2.05) is 24.3 Å². The van der Waals surface area contributed by atoms with E-state index in [9.17, 15) is 0 Å². The Labute approximate surface area is 79.8 Å². The summed E-state index contributed by atoms with van der Waals surface area (Å²) in [5.41, 5.74) is 4.19. The lowest BCUT2D eigenvalue weighted by Gasteiger charge is -2.01. The van der Waals surface area contributed by atoms with E-state index in [2.05, 4.69) is 15.4 Å². The van der Waals surface area contributed by atoms with Crippen molar-refractivity contribution in [2.24, 2.45) is 5.84 Å². The topological polar surface area (TPSA) is 66.7 Å². The third kappa shape index (κ3) is 1.39. The van der Waals surface area contributed by atoms with Crippen molar-refractivity contribution >= 4 is 29.1 Å². The molecule has 4 N–H and O–H groups in total. The van der Waals surface area contributed by atoms with Gasteiger partial charge in [0.15, 0.2) is 5.82 Å². The van der Waals surface area contributed by atoms with Gasteiger partial charge in [0, 0.05) is 0 Å². The SMILES string of the molecule is NNc1nc2ccccc2[nH]c1=S. The van der Waals surface area contributed by atoms with Crippen LogP contribution in [-0.4, -0.2) is 9.97 Å². The van der Waals surface area contributed by atoms with Gasteiger partial charge in [0.25, 0.3) is 0 Å². The van der Waals surface area contributed by atoms with Crippen LogP contribution < -0.4 is 11.3 Å². The molecule has 0 unspecified atom stereocenters. The highest BCUT2D eigenvalue weighted by Crippen LogP contribution is 2.11. The van der Waals surface area contributed by atoms with Crippen LogP contribution >= 0.6 is 12.2 Å². The van der Waals surface area contributed by atoms with Gasteiger partial charge in [-0.05, 0) is 12.1 Å². The maximum Gasteiger partial charge on any atom is 0.176 e. The number of nitrogen functional groups attached to an aromatic ring is 1. The zero-order valence-electron chi connectivity index (χ0n) is 6.74. The van der Waals surface area contributed by atoms with Crippen molar-refractivity contribution in [3.8, 4) is 0 Å². The van der Waals surface area contributed by atoms with Crippen molar-refractivity contribution in [2.45, 2.75) is 0 Å². The molecule has 0 atom stereocenters. The minimum Gasteiger partial charge on any atom is -0.342 e. The molecule has 0 aliphatic rings. The number of hydrogen-bond donors (Lipinski definition) is 3. The number of nitrogens with two attached hydrogens (primary N) is 1. The monoisotopic (exact) mass is 192 g/mol. The van der Waals surface area contributed by atoms with Crippen LogP contribution in [0.1, 0.15) is 0 Å². The van der Waals surface area contributed by atoms with Gasteiger partial charge in [-0.15, -0.1) is 0 Å². The van der Waals surface area contributed by atoms with Crippen molar-refractivity contribution < 1.29 is 0 Å². The fraction of sp³-hybridized carbons (Fsp3) is 0. The Balaban J connectivity index is 2.81. The average molecular weight is 192 g/mol. The van der Waals surface area contributed by atoms with Crippen LogP contribution in [0.4, 0.5) is 5.82 Å². The number of nitrogens with zero attached hydrogens (tertiary/aromatic N) is 1. The number of benzene rings is 1. The molecule has 0 fully saturated rings. The Morgan fingerprint density at radius 2 is 2.15 bits per heavy atom. The molecule has 13 heavy (non-hydrogen) atoms. The van der Waals surface area contributed by atoms with E-state index >= 15 is 0 Å². The molecule has 1 heterocycles. The highest BCUT2D eigenvalue weighted by Gasteiger charge is 1.97. The Morgan fingerprint density at radius 1 is 1.38 bits per heavy atom. The maximum atomic E-state index is 5.24. The van der Waals surface area contributed by atoms with Gasteiger partial charge in [0.05, 0.1) is 11.0 Å². The Hall–Kier alpha value is -1.46.